The Hall–Kier alpha value is -0.300. The molecule has 0 amide bonds. The number of allylic oxidation sites excluding steroid dienone is 1. The summed E-state index contributed by atoms with van der Waals surface area (Å²) in [6.45, 7) is 17.1. The SMILES string of the molecule is CC(C)CCC[C@@H](C)[C@H]1CCC2[C@@H]3CC=C4CC(OC(C)C)CC[C@]4(C)C3CCC21C.[HH].[HH]. The minimum atomic E-state index is 0. The van der Waals surface area contributed by atoms with Crippen LogP contribution in [0.2, 0.25) is 0 Å². The molecule has 0 aromatic carbocycles. The number of hydrogen-bond acceptors (Lipinski definition) is 1. The highest BCUT2D eigenvalue weighted by molar-refractivity contribution is 5.25. The molecule has 1 nitrogen and oxygen atoms in total. The molecule has 0 aromatic heterocycles. The summed E-state index contributed by atoms with van der Waals surface area (Å²) in [5, 5.41) is 0. The van der Waals surface area contributed by atoms with Gasteiger partial charge in [0.25, 0.3) is 0 Å². The Labute approximate surface area is 197 Å². The molecule has 0 aromatic rings. The molecule has 0 spiro atoms. The van der Waals surface area contributed by atoms with Gasteiger partial charge in [0.05, 0.1) is 12.2 Å². The predicted octanol–water partition coefficient (Wildman–Crippen LogP) is 9.31. The van der Waals surface area contributed by atoms with Crippen molar-refractivity contribution in [3.8, 4) is 0 Å². The van der Waals surface area contributed by atoms with E-state index in [-0.39, 0.29) is 2.85 Å². The highest BCUT2D eigenvalue weighted by Gasteiger charge is 2.59. The molecule has 1 heteroatoms. The Morgan fingerprint density at radius 1 is 0.968 bits per heavy atom. The van der Waals surface area contributed by atoms with Crippen molar-refractivity contribution in [3.63, 3.8) is 0 Å². The second-order valence-electron chi connectivity index (χ2n) is 13.3. The molecular weight excluding hydrogens is 376 g/mol. The maximum Gasteiger partial charge on any atom is 0.0616 e. The molecule has 0 bridgehead atoms. The molecule has 0 saturated heterocycles. The van der Waals surface area contributed by atoms with Crippen molar-refractivity contribution in [1.29, 1.82) is 0 Å². The van der Waals surface area contributed by atoms with Crippen LogP contribution < -0.4 is 0 Å². The van der Waals surface area contributed by atoms with Crippen molar-refractivity contribution in [1.82, 2.24) is 0 Å². The molecule has 4 unspecified atom stereocenters. The van der Waals surface area contributed by atoms with Gasteiger partial charge in [-0.3, -0.25) is 0 Å². The summed E-state index contributed by atoms with van der Waals surface area (Å²) in [7, 11) is 0. The summed E-state index contributed by atoms with van der Waals surface area (Å²) < 4.78 is 6.25. The minimum absolute atomic E-state index is 0. The summed E-state index contributed by atoms with van der Waals surface area (Å²) in [4.78, 5) is 0. The average molecular weight is 433 g/mol. The first-order valence-electron chi connectivity index (χ1n) is 14.0. The van der Waals surface area contributed by atoms with Crippen LogP contribution in [0.25, 0.3) is 0 Å². The van der Waals surface area contributed by atoms with E-state index in [0.29, 0.717) is 23.0 Å². The van der Waals surface area contributed by atoms with Gasteiger partial charge in [-0.05, 0) is 112 Å². The molecule has 4 aliphatic rings. The topological polar surface area (TPSA) is 9.23 Å². The van der Waals surface area contributed by atoms with Gasteiger partial charge < -0.3 is 4.74 Å². The molecular formula is C30H56O. The minimum Gasteiger partial charge on any atom is -0.375 e. The fraction of sp³-hybridized carbons (Fsp3) is 0.933. The van der Waals surface area contributed by atoms with Crippen LogP contribution in [-0.4, -0.2) is 12.2 Å². The monoisotopic (exact) mass is 432 g/mol. The Bertz CT molecular complexity index is 658. The summed E-state index contributed by atoms with van der Waals surface area (Å²) >= 11 is 0. The van der Waals surface area contributed by atoms with E-state index in [1.54, 1.807) is 5.57 Å². The summed E-state index contributed by atoms with van der Waals surface area (Å²) in [6.07, 6.45) is 19.0. The molecule has 8 atom stereocenters. The van der Waals surface area contributed by atoms with Gasteiger partial charge in [0, 0.05) is 2.85 Å². The van der Waals surface area contributed by atoms with Crippen molar-refractivity contribution in [2.45, 2.75) is 131 Å². The van der Waals surface area contributed by atoms with Crippen LogP contribution in [0.15, 0.2) is 11.6 Å². The Kier molecular flexibility index (Phi) is 7.04. The van der Waals surface area contributed by atoms with Crippen molar-refractivity contribution in [2.75, 3.05) is 0 Å². The first-order valence-corrected chi connectivity index (χ1v) is 14.0. The van der Waals surface area contributed by atoms with Crippen LogP contribution in [0, 0.1) is 46.3 Å². The highest BCUT2D eigenvalue weighted by atomic mass is 16.5. The molecule has 0 N–H and O–H groups in total. The Balaban J connectivity index is 0.00000193. The molecule has 4 rings (SSSR count). The molecule has 31 heavy (non-hydrogen) atoms. The number of rotatable bonds is 7. The van der Waals surface area contributed by atoms with E-state index in [9.17, 15) is 0 Å². The standard InChI is InChI=1S/C30H52O.2H2/c1-20(2)9-8-10-22(5)26-13-14-27-25-12-11-23-19-24(31-21(3)4)15-17-29(23,6)28(25)16-18-30(26,27)7;;/h11,20-22,24-28H,8-10,12-19H2,1-7H3;2*1H/t22-,24?,25+,26-,27?,28?,29+,30?;;/m1../s1. The van der Waals surface area contributed by atoms with Crippen LogP contribution in [0.4, 0.5) is 0 Å². The van der Waals surface area contributed by atoms with Gasteiger partial charge in [-0.15, -0.1) is 0 Å². The lowest BCUT2D eigenvalue weighted by Gasteiger charge is -2.58. The van der Waals surface area contributed by atoms with Gasteiger partial charge in [-0.2, -0.15) is 0 Å². The average Bonchev–Trinajstić information content (AvgIpc) is 3.05. The fourth-order valence-corrected chi connectivity index (χ4v) is 9.15. The van der Waals surface area contributed by atoms with Crippen LogP contribution in [0.1, 0.15) is 122 Å². The quantitative estimate of drug-likeness (QED) is 0.364. The third-order valence-corrected chi connectivity index (χ3v) is 10.7. The first-order chi connectivity index (χ1) is 14.6. The number of fused-ring (bicyclic) bond motifs is 5. The largest absolute Gasteiger partial charge is 0.375 e. The Morgan fingerprint density at radius 3 is 2.45 bits per heavy atom. The van der Waals surface area contributed by atoms with Crippen LogP contribution >= 0.6 is 0 Å². The van der Waals surface area contributed by atoms with Gasteiger partial charge in [0.1, 0.15) is 0 Å². The van der Waals surface area contributed by atoms with Crippen molar-refractivity contribution >= 4 is 0 Å². The predicted molar refractivity (Wildman–Crippen MR) is 137 cm³/mol. The van der Waals surface area contributed by atoms with E-state index >= 15 is 0 Å². The van der Waals surface area contributed by atoms with E-state index in [0.717, 1.165) is 35.5 Å². The summed E-state index contributed by atoms with van der Waals surface area (Å²) in [6, 6.07) is 0. The molecule has 0 radical (unpaired) electrons. The van der Waals surface area contributed by atoms with E-state index in [1.165, 1.54) is 70.6 Å². The van der Waals surface area contributed by atoms with E-state index < -0.39 is 0 Å². The van der Waals surface area contributed by atoms with E-state index in [1.807, 2.05) is 0 Å². The van der Waals surface area contributed by atoms with Crippen LogP contribution in [0.3, 0.4) is 0 Å². The van der Waals surface area contributed by atoms with Gasteiger partial charge in [0.2, 0.25) is 0 Å². The molecule has 3 fully saturated rings. The zero-order valence-electron chi connectivity index (χ0n) is 21.9. The summed E-state index contributed by atoms with van der Waals surface area (Å²) in [5.41, 5.74) is 2.84. The van der Waals surface area contributed by atoms with Crippen molar-refractivity contribution in [2.24, 2.45) is 46.3 Å². The Morgan fingerprint density at radius 2 is 1.74 bits per heavy atom. The maximum absolute atomic E-state index is 6.25. The van der Waals surface area contributed by atoms with Crippen molar-refractivity contribution in [3.05, 3.63) is 11.6 Å². The molecule has 4 aliphatic carbocycles. The fourth-order valence-electron chi connectivity index (χ4n) is 9.15. The highest BCUT2D eigenvalue weighted by Crippen LogP contribution is 2.67. The van der Waals surface area contributed by atoms with E-state index in [4.69, 9.17) is 4.74 Å². The number of hydrogen-bond donors (Lipinski definition) is 0. The van der Waals surface area contributed by atoms with Gasteiger partial charge in [-0.25, -0.2) is 0 Å². The second-order valence-corrected chi connectivity index (χ2v) is 13.3. The molecule has 182 valence electrons. The lowest BCUT2D eigenvalue weighted by Crippen LogP contribution is -2.51. The number of ether oxygens (including phenoxy) is 1. The molecule has 0 aliphatic heterocycles. The van der Waals surface area contributed by atoms with E-state index in [2.05, 4.69) is 54.5 Å². The van der Waals surface area contributed by atoms with Crippen LogP contribution in [-0.2, 0) is 4.74 Å². The van der Waals surface area contributed by atoms with Crippen LogP contribution in [0.5, 0.6) is 0 Å². The first kappa shape index (κ1) is 23.8. The third-order valence-electron chi connectivity index (χ3n) is 10.7. The lowest BCUT2D eigenvalue weighted by atomic mass is 9.47. The summed E-state index contributed by atoms with van der Waals surface area (Å²) in [5.74, 6) is 5.60. The lowest BCUT2D eigenvalue weighted by molar-refractivity contribution is -0.0707. The van der Waals surface area contributed by atoms with Gasteiger partial charge >= 0.3 is 0 Å². The zero-order chi connectivity index (χ0) is 22.4. The van der Waals surface area contributed by atoms with Crippen molar-refractivity contribution < 1.29 is 7.59 Å². The molecule has 3 saturated carbocycles. The van der Waals surface area contributed by atoms with Gasteiger partial charge in [-0.1, -0.05) is 65.5 Å². The zero-order valence-corrected chi connectivity index (χ0v) is 21.9. The third kappa shape index (κ3) is 4.43. The molecule has 0 heterocycles. The maximum atomic E-state index is 6.25. The smallest absolute Gasteiger partial charge is 0.0616 e. The normalized spacial score (nSPS) is 43.4. The van der Waals surface area contributed by atoms with Gasteiger partial charge in [0.15, 0.2) is 0 Å². The second kappa shape index (κ2) is 9.15.